The molecule has 0 bridgehead atoms. The van der Waals surface area contributed by atoms with Crippen LogP contribution in [0.25, 0.3) is 0 Å². The maximum Gasteiger partial charge on any atom is 0.339 e. The highest BCUT2D eigenvalue weighted by Gasteiger charge is 2.28. The summed E-state index contributed by atoms with van der Waals surface area (Å²) >= 11 is 0. The third-order valence-corrected chi connectivity index (χ3v) is 5.01. The van der Waals surface area contributed by atoms with E-state index in [9.17, 15) is 14.0 Å². The Bertz CT molecular complexity index is 876. The number of aromatic amines is 1. The summed E-state index contributed by atoms with van der Waals surface area (Å²) in [4.78, 5) is 30.0. The first-order valence-electron chi connectivity index (χ1n) is 9.13. The number of hydrogen-bond acceptors (Lipinski definition) is 5. The summed E-state index contributed by atoms with van der Waals surface area (Å²) in [5, 5.41) is 0. The molecule has 152 valence electrons. The van der Waals surface area contributed by atoms with Crippen molar-refractivity contribution in [1.29, 1.82) is 0 Å². The van der Waals surface area contributed by atoms with Crippen molar-refractivity contribution in [3.05, 3.63) is 52.1 Å². The summed E-state index contributed by atoms with van der Waals surface area (Å²) in [6.07, 6.45) is 0. The van der Waals surface area contributed by atoms with Crippen LogP contribution < -0.4 is 4.74 Å². The zero-order chi connectivity index (χ0) is 21.0. The van der Waals surface area contributed by atoms with E-state index in [0.29, 0.717) is 35.6 Å². The van der Waals surface area contributed by atoms with Gasteiger partial charge in [0.05, 0.1) is 31.5 Å². The monoisotopic (exact) mass is 390 g/mol. The van der Waals surface area contributed by atoms with Gasteiger partial charge in [0.25, 0.3) is 0 Å². The maximum atomic E-state index is 14.0. The Labute approximate surface area is 164 Å². The molecule has 0 aliphatic carbocycles. The fraction of sp³-hybridized carbons (Fsp3) is 0.429. The lowest BCUT2D eigenvalue weighted by Crippen LogP contribution is -2.39. The van der Waals surface area contributed by atoms with Crippen molar-refractivity contribution in [2.75, 3.05) is 20.8 Å². The Kier molecular flexibility index (Phi) is 6.96. The van der Waals surface area contributed by atoms with E-state index in [4.69, 9.17) is 9.47 Å². The summed E-state index contributed by atoms with van der Waals surface area (Å²) in [6, 6.07) is 4.31. The molecule has 0 amide bonds. The first-order chi connectivity index (χ1) is 13.2. The number of nitrogens with zero attached hydrogens (tertiary/aromatic N) is 1. The molecule has 0 aliphatic heterocycles. The van der Waals surface area contributed by atoms with Crippen molar-refractivity contribution in [2.45, 2.75) is 40.3 Å². The molecule has 7 heteroatoms. The van der Waals surface area contributed by atoms with Gasteiger partial charge in [-0.2, -0.15) is 0 Å². The lowest BCUT2D eigenvalue weighted by atomic mass is 10.0. The molecule has 0 fully saturated rings. The number of aromatic nitrogens is 1. The SMILES string of the molecule is CCN(Cc1ccc(OC)c(F)c1)[C@H](C)C(=O)c1[nH]c(C)c(C(=O)OC)c1C. The quantitative estimate of drug-likeness (QED) is 0.550. The number of esters is 1. The minimum Gasteiger partial charge on any atom is -0.494 e. The number of H-pyrrole nitrogens is 1. The molecule has 0 saturated carbocycles. The van der Waals surface area contributed by atoms with Crippen molar-refractivity contribution < 1.29 is 23.5 Å². The van der Waals surface area contributed by atoms with Crippen LogP contribution in [0.5, 0.6) is 5.75 Å². The number of aryl methyl sites for hydroxylation is 1. The molecule has 1 N–H and O–H groups in total. The Balaban J connectivity index is 2.25. The van der Waals surface area contributed by atoms with Gasteiger partial charge in [0.2, 0.25) is 0 Å². The predicted molar refractivity (Wildman–Crippen MR) is 104 cm³/mol. The third-order valence-electron chi connectivity index (χ3n) is 5.01. The van der Waals surface area contributed by atoms with Gasteiger partial charge in [-0.15, -0.1) is 0 Å². The molecule has 0 unspecified atom stereocenters. The van der Waals surface area contributed by atoms with E-state index >= 15 is 0 Å². The van der Waals surface area contributed by atoms with Crippen molar-refractivity contribution in [2.24, 2.45) is 0 Å². The molecule has 1 aromatic carbocycles. The molecule has 1 aromatic heterocycles. The minimum absolute atomic E-state index is 0.133. The number of ketones is 1. The summed E-state index contributed by atoms with van der Waals surface area (Å²) < 4.78 is 23.7. The molecule has 1 heterocycles. The molecule has 0 aliphatic rings. The highest BCUT2D eigenvalue weighted by molar-refractivity contribution is 6.03. The van der Waals surface area contributed by atoms with Gasteiger partial charge in [-0.1, -0.05) is 13.0 Å². The lowest BCUT2D eigenvalue weighted by Gasteiger charge is -2.27. The fourth-order valence-electron chi connectivity index (χ4n) is 3.34. The van der Waals surface area contributed by atoms with Gasteiger partial charge in [0, 0.05) is 12.2 Å². The van der Waals surface area contributed by atoms with Crippen molar-refractivity contribution in [1.82, 2.24) is 9.88 Å². The Hall–Kier alpha value is -2.67. The van der Waals surface area contributed by atoms with E-state index < -0.39 is 17.8 Å². The van der Waals surface area contributed by atoms with Gasteiger partial charge in [-0.3, -0.25) is 9.69 Å². The van der Waals surface area contributed by atoms with Gasteiger partial charge in [0.15, 0.2) is 17.3 Å². The number of hydrogen-bond donors (Lipinski definition) is 1. The zero-order valence-corrected chi connectivity index (χ0v) is 17.2. The number of carbonyl (C=O) groups excluding carboxylic acids is 2. The second-order valence-corrected chi connectivity index (χ2v) is 6.69. The average molecular weight is 390 g/mol. The minimum atomic E-state index is -0.473. The molecule has 2 rings (SSSR count). The van der Waals surface area contributed by atoms with E-state index in [1.165, 1.54) is 20.3 Å². The average Bonchev–Trinajstić information content (AvgIpc) is 2.98. The molecule has 6 nitrogen and oxygen atoms in total. The van der Waals surface area contributed by atoms with Crippen LogP contribution in [-0.2, 0) is 11.3 Å². The zero-order valence-electron chi connectivity index (χ0n) is 17.2. The van der Waals surface area contributed by atoms with Crippen molar-refractivity contribution >= 4 is 11.8 Å². The summed E-state index contributed by atoms with van der Waals surface area (Å²) in [6.45, 7) is 8.22. The largest absolute Gasteiger partial charge is 0.494 e. The maximum absolute atomic E-state index is 14.0. The number of rotatable bonds is 8. The van der Waals surface area contributed by atoms with Crippen LogP contribution in [0.2, 0.25) is 0 Å². The van der Waals surface area contributed by atoms with Crippen LogP contribution >= 0.6 is 0 Å². The summed E-state index contributed by atoms with van der Waals surface area (Å²) in [5.74, 6) is -0.858. The first-order valence-corrected chi connectivity index (χ1v) is 9.13. The van der Waals surface area contributed by atoms with Gasteiger partial charge in [-0.25, -0.2) is 9.18 Å². The summed E-state index contributed by atoms with van der Waals surface area (Å²) in [5.41, 5.74) is 2.70. The van der Waals surface area contributed by atoms with Gasteiger partial charge in [0.1, 0.15) is 0 Å². The van der Waals surface area contributed by atoms with Crippen molar-refractivity contribution in [3.8, 4) is 5.75 Å². The molecule has 0 saturated heterocycles. The van der Waals surface area contributed by atoms with E-state index in [0.717, 1.165) is 5.56 Å². The topological polar surface area (TPSA) is 71.6 Å². The van der Waals surface area contributed by atoms with E-state index in [1.54, 1.807) is 32.9 Å². The van der Waals surface area contributed by atoms with E-state index in [-0.39, 0.29) is 11.5 Å². The number of Topliss-reactive ketones (excluding diaryl/α,β-unsaturated/α-hetero) is 1. The van der Waals surface area contributed by atoms with Crippen LogP contribution in [0, 0.1) is 19.7 Å². The fourth-order valence-corrected chi connectivity index (χ4v) is 3.34. The normalized spacial score (nSPS) is 12.1. The smallest absolute Gasteiger partial charge is 0.339 e. The molecule has 0 radical (unpaired) electrons. The lowest BCUT2D eigenvalue weighted by molar-refractivity contribution is 0.0599. The highest BCUT2D eigenvalue weighted by atomic mass is 19.1. The number of benzene rings is 1. The van der Waals surface area contributed by atoms with Crippen LogP contribution in [0.1, 0.15) is 51.5 Å². The van der Waals surface area contributed by atoms with Crippen LogP contribution in [0.3, 0.4) is 0 Å². The van der Waals surface area contributed by atoms with Gasteiger partial charge < -0.3 is 14.5 Å². The van der Waals surface area contributed by atoms with Crippen LogP contribution in [0.15, 0.2) is 18.2 Å². The van der Waals surface area contributed by atoms with E-state index in [2.05, 4.69) is 4.98 Å². The van der Waals surface area contributed by atoms with Gasteiger partial charge >= 0.3 is 5.97 Å². The number of methoxy groups -OCH3 is 2. The Morgan fingerprint density at radius 1 is 1.25 bits per heavy atom. The van der Waals surface area contributed by atoms with Crippen LogP contribution in [0.4, 0.5) is 4.39 Å². The number of halogens is 1. The molecule has 1 atom stereocenters. The molecule has 28 heavy (non-hydrogen) atoms. The number of carbonyl (C=O) groups is 2. The Morgan fingerprint density at radius 3 is 2.46 bits per heavy atom. The van der Waals surface area contributed by atoms with Crippen molar-refractivity contribution in [3.63, 3.8) is 0 Å². The standard InChI is InChI=1S/C21H27FN2O4/c1-7-24(11-15-8-9-17(27-5)16(22)10-15)14(4)20(25)19-12(2)18(13(3)23-19)21(26)28-6/h8-10,14,23H,7,11H2,1-6H3/t14-/m1/s1. The molecular weight excluding hydrogens is 363 g/mol. The van der Waals surface area contributed by atoms with E-state index in [1.807, 2.05) is 11.8 Å². The van der Waals surface area contributed by atoms with Gasteiger partial charge in [-0.05, 0) is 50.6 Å². The molecule has 0 spiro atoms. The predicted octanol–water partition coefficient (Wildman–Crippen LogP) is 3.66. The van der Waals surface area contributed by atoms with Crippen LogP contribution in [-0.4, -0.2) is 48.4 Å². The first kappa shape index (κ1) is 21.6. The second-order valence-electron chi connectivity index (χ2n) is 6.69. The number of nitrogens with one attached hydrogen (secondary N) is 1. The number of ether oxygens (including phenoxy) is 2. The highest BCUT2D eigenvalue weighted by Crippen LogP contribution is 2.23. The second kappa shape index (κ2) is 9.01. The molecular formula is C21H27FN2O4. The Morgan fingerprint density at radius 2 is 1.93 bits per heavy atom. The molecule has 2 aromatic rings. The number of likely N-dealkylation sites (N-methyl/N-ethyl adjacent to an activating group) is 1. The summed E-state index contributed by atoms with van der Waals surface area (Å²) in [7, 11) is 2.73. The third kappa shape index (κ3) is 4.25.